The predicted molar refractivity (Wildman–Crippen MR) is 94.6 cm³/mol. The fraction of sp³-hybridized carbons (Fsp3) is 0.294. The van der Waals surface area contributed by atoms with E-state index in [9.17, 15) is 9.59 Å². The SMILES string of the molecule is COc1ccc(Cl)cc1N1C[C@@H](C(=O)NCc2cccs2)CC1=O. The van der Waals surface area contributed by atoms with Gasteiger partial charge in [-0.1, -0.05) is 17.7 Å². The maximum absolute atomic E-state index is 12.4. The van der Waals surface area contributed by atoms with Crippen molar-refractivity contribution in [3.63, 3.8) is 0 Å². The molecule has 2 amide bonds. The highest BCUT2D eigenvalue weighted by atomic mass is 35.5. The van der Waals surface area contributed by atoms with Gasteiger partial charge in [0.2, 0.25) is 11.8 Å². The van der Waals surface area contributed by atoms with E-state index in [4.69, 9.17) is 16.3 Å². The molecule has 3 rings (SSSR count). The molecule has 0 aliphatic carbocycles. The monoisotopic (exact) mass is 364 g/mol. The summed E-state index contributed by atoms with van der Waals surface area (Å²) >= 11 is 7.62. The predicted octanol–water partition coefficient (Wildman–Crippen LogP) is 3.08. The van der Waals surface area contributed by atoms with Gasteiger partial charge in [0.05, 0.1) is 25.3 Å². The Balaban J connectivity index is 1.69. The number of anilines is 1. The van der Waals surface area contributed by atoms with Crippen LogP contribution < -0.4 is 15.0 Å². The Labute approximate surface area is 149 Å². The van der Waals surface area contributed by atoms with Crippen molar-refractivity contribution in [1.82, 2.24) is 5.32 Å². The maximum Gasteiger partial charge on any atom is 0.227 e. The minimum atomic E-state index is -0.374. The number of rotatable bonds is 5. The van der Waals surface area contributed by atoms with E-state index in [-0.39, 0.29) is 24.2 Å². The van der Waals surface area contributed by atoms with Gasteiger partial charge in [-0.2, -0.15) is 0 Å². The molecule has 7 heteroatoms. The number of ether oxygens (including phenoxy) is 1. The summed E-state index contributed by atoms with van der Waals surface area (Å²) in [6.07, 6.45) is 0.186. The Morgan fingerprint density at radius 1 is 1.46 bits per heavy atom. The zero-order valence-electron chi connectivity index (χ0n) is 13.1. The molecule has 1 saturated heterocycles. The van der Waals surface area contributed by atoms with Gasteiger partial charge in [0, 0.05) is 22.9 Å². The molecule has 1 aliphatic heterocycles. The molecule has 0 spiro atoms. The Kier molecular flexibility index (Phi) is 5.06. The smallest absolute Gasteiger partial charge is 0.227 e. The van der Waals surface area contributed by atoms with Crippen molar-refractivity contribution in [1.29, 1.82) is 0 Å². The fourth-order valence-electron chi connectivity index (χ4n) is 2.72. The molecular weight excluding hydrogens is 348 g/mol. The summed E-state index contributed by atoms with van der Waals surface area (Å²) in [4.78, 5) is 27.3. The lowest BCUT2D eigenvalue weighted by atomic mass is 10.1. The van der Waals surface area contributed by atoms with Crippen LogP contribution >= 0.6 is 22.9 Å². The number of halogens is 1. The van der Waals surface area contributed by atoms with E-state index in [1.807, 2.05) is 17.5 Å². The molecule has 24 heavy (non-hydrogen) atoms. The summed E-state index contributed by atoms with van der Waals surface area (Å²) in [5.74, 6) is -0.0272. The summed E-state index contributed by atoms with van der Waals surface area (Å²) in [5.41, 5.74) is 0.601. The van der Waals surface area contributed by atoms with Gasteiger partial charge >= 0.3 is 0 Å². The van der Waals surface area contributed by atoms with Crippen LogP contribution in [0.4, 0.5) is 5.69 Å². The van der Waals surface area contributed by atoms with Gasteiger partial charge in [-0.15, -0.1) is 11.3 Å². The first-order valence-corrected chi connectivity index (χ1v) is 8.78. The Bertz CT molecular complexity index is 748. The third-order valence-electron chi connectivity index (χ3n) is 3.94. The van der Waals surface area contributed by atoms with Crippen LogP contribution in [-0.4, -0.2) is 25.5 Å². The van der Waals surface area contributed by atoms with Gasteiger partial charge in [-0.3, -0.25) is 9.59 Å². The first-order valence-electron chi connectivity index (χ1n) is 7.52. The molecular formula is C17H17ClN2O3S. The highest BCUT2D eigenvalue weighted by molar-refractivity contribution is 7.09. The largest absolute Gasteiger partial charge is 0.495 e. The molecule has 126 valence electrons. The Morgan fingerprint density at radius 2 is 2.29 bits per heavy atom. The number of nitrogens with zero attached hydrogens (tertiary/aromatic N) is 1. The summed E-state index contributed by atoms with van der Waals surface area (Å²) in [6, 6.07) is 9.02. The second-order valence-electron chi connectivity index (χ2n) is 5.52. The molecule has 0 unspecified atom stereocenters. The first-order chi connectivity index (χ1) is 11.6. The van der Waals surface area contributed by atoms with Gasteiger partial charge in [0.25, 0.3) is 0 Å². The lowest BCUT2D eigenvalue weighted by Gasteiger charge is -2.19. The molecule has 1 N–H and O–H groups in total. The van der Waals surface area contributed by atoms with Crippen LogP contribution in [0.5, 0.6) is 5.75 Å². The van der Waals surface area contributed by atoms with E-state index in [2.05, 4.69) is 5.32 Å². The Hall–Kier alpha value is -2.05. The Morgan fingerprint density at radius 3 is 3.00 bits per heavy atom. The number of hydrogen-bond acceptors (Lipinski definition) is 4. The molecule has 0 bridgehead atoms. The first kappa shape index (κ1) is 16.8. The number of benzene rings is 1. The van der Waals surface area contributed by atoms with Crippen LogP contribution in [0, 0.1) is 5.92 Å². The molecule has 0 radical (unpaired) electrons. The van der Waals surface area contributed by atoms with E-state index >= 15 is 0 Å². The van der Waals surface area contributed by atoms with E-state index in [1.54, 1.807) is 41.5 Å². The second-order valence-corrected chi connectivity index (χ2v) is 6.99. The van der Waals surface area contributed by atoms with E-state index in [0.29, 0.717) is 29.5 Å². The van der Waals surface area contributed by atoms with E-state index in [1.165, 1.54) is 0 Å². The van der Waals surface area contributed by atoms with Gasteiger partial charge in [0.15, 0.2) is 0 Å². The molecule has 2 heterocycles. The minimum Gasteiger partial charge on any atom is -0.495 e. The summed E-state index contributed by atoms with van der Waals surface area (Å²) in [5, 5.41) is 5.38. The standard InChI is InChI=1S/C17H17ClN2O3S/c1-23-15-5-4-12(18)8-14(15)20-10-11(7-16(20)21)17(22)19-9-13-3-2-6-24-13/h2-6,8,11H,7,9-10H2,1H3,(H,19,22)/t11-/m0/s1. The third kappa shape index (κ3) is 3.55. The van der Waals surface area contributed by atoms with Crippen LogP contribution in [-0.2, 0) is 16.1 Å². The van der Waals surface area contributed by atoms with Gasteiger partial charge in [-0.25, -0.2) is 0 Å². The summed E-state index contributed by atoms with van der Waals surface area (Å²) in [6.45, 7) is 0.813. The number of nitrogens with one attached hydrogen (secondary N) is 1. The number of methoxy groups -OCH3 is 1. The molecule has 1 fully saturated rings. The number of carbonyl (C=O) groups is 2. The maximum atomic E-state index is 12.4. The molecule has 1 aromatic carbocycles. The van der Waals surface area contributed by atoms with Crippen LogP contribution in [0.1, 0.15) is 11.3 Å². The number of hydrogen-bond donors (Lipinski definition) is 1. The average Bonchev–Trinajstić information content (AvgIpc) is 3.22. The highest BCUT2D eigenvalue weighted by Crippen LogP contribution is 2.35. The normalized spacial score (nSPS) is 17.2. The summed E-state index contributed by atoms with van der Waals surface area (Å²) < 4.78 is 5.30. The van der Waals surface area contributed by atoms with Crippen LogP contribution in [0.25, 0.3) is 0 Å². The van der Waals surface area contributed by atoms with Crippen molar-refractivity contribution in [3.8, 4) is 5.75 Å². The zero-order valence-corrected chi connectivity index (χ0v) is 14.7. The zero-order chi connectivity index (χ0) is 17.1. The van der Waals surface area contributed by atoms with Crippen molar-refractivity contribution in [2.24, 2.45) is 5.92 Å². The van der Waals surface area contributed by atoms with Crippen molar-refractivity contribution in [2.75, 3.05) is 18.6 Å². The summed E-state index contributed by atoms with van der Waals surface area (Å²) in [7, 11) is 1.54. The number of carbonyl (C=O) groups excluding carboxylic acids is 2. The van der Waals surface area contributed by atoms with E-state index in [0.717, 1.165) is 4.88 Å². The topological polar surface area (TPSA) is 58.6 Å². The van der Waals surface area contributed by atoms with Crippen molar-refractivity contribution in [2.45, 2.75) is 13.0 Å². The molecule has 5 nitrogen and oxygen atoms in total. The molecule has 2 aromatic rings. The van der Waals surface area contributed by atoms with Crippen molar-refractivity contribution < 1.29 is 14.3 Å². The number of amides is 2. The fourth-order valence-corrected chi connectivity index (χ4v) is 3.53. The van der Waals surface area contributed by atoms with E-state index < -0.39 is 0 Å². The molecule has 0 saturated carbocycles. The quantitative estimate of drug-likeness (QED) is 0.887. The lowest BCUT2D eigenvalue weighted by molar-refractivity contribution is -0.126. The second kappa shape index (κ2) is 7.23. The minimum absolute atomic E-state index is 0.105. The van der Waals surface area contributed by atoms with Crippen LogP contribution in [0.15, 0.2) is 35.7 Å². The van der Waals surface area contributed by atoms with Crippen LogP contribution in [0.3, 0.4) is 0 Å². The van der Waals surface area contributed by atoms with Gasteiger partial charge in [0.1, 0.15) is 5.75 Å². The number of thiophene rings is 1. The van der Waals surface area contributed by atoms with Crippen molar-refractivity contribution in [3.05, 3.63) is 45.6 Å². The van der Waals surface area contributed by atoms with Gasteiger partial charge in [-0.05, 0) is 29.6 Å². The highest BCUT2D eigenvalue weighted by Gasteiger charge is 2.36. The average molecular weight is 365 g/mol. The molecule has 1 atom stereocenters. The molecule has 1 aromatic heterocycles. The molecule has 1 aliphatic rings. The van der Waals surface area contributed by atoms with Gasteiger partial charge < -0.3 is 15.0 Å². The van der Waals surface area contributed by atoms with Crippen molar-refractivity contribution >= 4 is 40.4 Å². The van der Waals surface area contributed by atoms with Crippen LogP contribution in [0.2, 0.25) is 5.02 Å². The third-order valence-corrected chi connectivity index (χ3v) is 5.06. The lowest BCUT2D eigenvalue weighted by Crippen LogP contribution is -2.32.